The van der Waals surface area contributed by atoms with Crippen LogP contribution >= 0.6 is 0 Å². The molecule has 1 aromatic heterocycles. The molecule has 1 heterocycles. The van der Waals surface area contributed by atoms with Crippen LogP contribution in [0.5, 0.6) is 11.5 Å². The number of hydrogen-bond acceptors (Lipinski definition) is 5. The molecular weight excluding hydrogens is 320 g/mol. The van der Waals surface area contributed by atoms with Crippen molar-refractivity contribution in [2.24, 2.45) is 0 Å². The lowest BCUT2D eigenvalue weighted by Crippen LogP contribution is -2.32. The molecule has 0 aliphatic heterocycles. The Kier molecular flexibility index (Phi) is 6.47. The normalized spacial score (nSPS) is 13.2. The summed E-state index contributed by atoms with van der Waals surface area (Å²) in [6, 6.07) is 9.17. The minimum Gasteiger partial charge on any atom is -0.497 e. The Morgan fingerprint density at radius 2 is 1.92 bits per heavy atom. The second-order valence-corrected chi connectivity index (χ2v) is 6.06. The molecule has 25 heavy (non-hydrogen) atoms. The monoisotopic (exact) mass is 346 g/mol. The highest BCUT2D eigenvalue weighted by Gasteiger charge is 2.16. The lowest BCUT2D eigenvalue weighted by atomic mass is 10.1. The fourth-order valence-electron chi connectivity index (χ4n) is 2.65. The Labute approximate surface area is 148 Å². The highest BCUT2D eigenvalue weighted by atomic mass is 16.5. The molecule has 136 valence electrons. The molecule has 6 heteroatoms. The zero-order chi connectivity index (χ0) is 18.4. The maximum atomic E-state index is 12.3. The SMILES string of the molecule is COc1ccc(OC)c(NC(=O)CC(C)NC(C)c2ccc(C)o2)c1. The molecule has 0 saturated carbocycles. The van der Waals surface area contributed by atoms with Crippen molar-refractivity contribution in [3.8, 4) is 11.5 Å². The fourth-order valence-corrected chi connectivity index (χ4v) is 2.65. The topological polar surface area (TPSA) is 72.7 Å². The first-order chi connectivity index (χ1) is 11.9. The molecule has 0 fully saturated rings. The van der Waals surface area contributed by atoms with E-state index in [1.54, 1.807) is 32.4 Å². The molecule has 0 spiro atoms. The fraction of sp³-hybridized carbons (Fsp3) is 0.421. The van der Waals surface area contributed by atoms with Gasteiger partial charge in [0, 0.05) is 18.5 Å². The van der Waals surface area contributed by atoms with Crippen molar-refractivity contribution < 1.29 is 18.7 Å². The number of furan rings is 1. The number of aryl methyl sites for hydroxylation is 1. The summed E-state index contributed by atoms with van der Waals surface area (Å²) in [5.74, 6) is 2.88. The average molecular weight is 346 g/mol. The van der Waals surface area contributed by atoms with Crippen molar-refractivity contribution in [3.05, 3.63) is 41.9 Å². The zero-order valence-electron chi connectivity index (χ0n) is 15.4. The van der Waals surface area contributed by atoms with E-state index < -0.39 is 0 Å². The van der Waals surface area contributed by atoms with E-state index in [9.17, 15) is 4.79 Å². The summed E-state index contributed by atoms with van der Waals surface area (Å²) < 4.78 is 16.1. The van der Waals surface area contributed by atoms with E-state index in [-0.39, 0.29) is 18.0 Å². The number of anilines is 1. The molecule has 2 atom stereocenters. The quantitative estimate of drug-likeness (QED) is 0.763. The van der Waals surface area contributed by atoms with E-state index >= 15 is 0 Å². The van der Waals surface area contributed by atoms with Gasteiger partial charge in [-0.3, -0.25) is 4.79 Å². The van der Waals surface area contributed by atoms with Gasteiger partial charge in [0.15, 0.2) is 0 Å². The average Bonchev–Trinajstić information content (AvgIpc) is 3.01. The van der Waals surface area contributed by atoms with Crippen LogP contribution in [0.1, 0.15) is 37.8 Å². The molecule has 6 nitrogen and oxygen atoms in total. The maximum Gasteiger partial charge on any atom is 0.226 e. The smallest absolute Gasteiger partial charge is 0.226 e. The minimum atomic E-state index is -0.102. The van der Waals surface area contributed by atoms with Gasteiger partial charge in [0.1, 0.15) is 23.0 Å². The third-order valence-corrected chi connectivity index (χ3v) is 3.89. The molecule has 1 aromatic carbocycles. The predicted octanol–water partition coefficient (Wildman–Crippen LogP) is 3.67. The minimum absolute atomic E-state index is 0.0167. The molecular formula is C19H26N2O4. The van der Waals surface area contributed by atoms with E-state index in [1.807, 2.05) is 32.9 Å². The van der Waals surface area contributed by atoms with Gasteiger partial charge in [0.05, 0.1) is 25.9 Å². The van der Waals surface area contributed by atoms with Crippen molar-refractivity contribution in [1.82, 2.24) is 5.32 Å². The summed E-state index contributed by atoms with van der Waals surface area (Å²) in [7, 11) is 3.14. The van der Waals surface area contributed by atoms with Gasteiger partial charge in [-0.1, -0.05) is 0 Å². The van der Waals surface area contributed by atoms with Crippen molar-refractivity contribution >= 4 is 11.6 Å². The first-order valence-corrected chi connectivity index (χ1v) is 8.27. The molecule has 2 N–H and O–H groups in total. The first kappa shape index (κ1) is 18.9. The Morgan fingerprint density at radius 1 is 1.16 bits per heavy atom. The van der Waals surface area contributed by atoms with E-state index in [0.717, 1.165) is 11.5 Å². The third kappa shape index (κ3) is 5.26. The Bertz CT molecular complexity index is 711. The molecule has 0 saturated heterocycles. The molecule has 0 bridgehead atoms. The van der Waals surface area contributed by atoms with Gasteiger partial charge < -0.3 is 24.5 Å². The van der Waals surface area contributed by atoms with Crippen LogP contribution in [0.4, 0.5) is 5.69 Å². The van der Waals surface area contributed by atoms with E-state index in [1.165, 1.54) is 0 Å². The zero-order valence-corrected chi connectivity index (χ0v) is 15.4. The van der Waals surface area contributed by atoms with Crippen molar-refractivity contribution in [1.29, 1.82) is 0 Å². The van der Waals surface area contributed by atoms with Crippen molar-refractivity contribution in [2.45, 2.75) is 39.3 Å². The highest BCUT2D eigenvalue weighted by molar-refractivity contribution is 5.92. The second-order valence-electron chi connectivity index (χ2n) is 6.06. The number of amides is 1. The molecule has 2 rings (SSSR count). The van der Waals surface area contributed by atoms with Crippen LogP contribution in [0.15, 0.2) is 34.7 Å². The van der Waals surface area contributed by atoms with E-state index in [0.29, 0.717) is 23.6 Å². The number of benzene rings is 1. The summed E-state index contributed by atoms with van der Waals surface area (Å²) in [5, 5.41) is 6.24. The molecule has 0 aliphatic carbocycles. The van der Waals surface area contributed by atoms with Gasteiger partial charge in [-0.25, -0.2) is 0 Å². The highest BCUT2D eigenvalue weighted by Crippen LogP contribution is 2.29. The molecule has 0 aliphatic rings. The molecule has 1 amide bonds. The molecule has 0 radical (unpaired) electrons. The number of ether oxygens (including phenoxy) is 2. The summed E-state index contributed by atoms with van der Waals surface area (Å²) in [4.78, 5) is 12.3. The Morgan fingerprint density at radius 3 is 2.52 bits per heavy atom. The first-order valence-electron chi connectivity index (χ1n) is 8.27. The van der Waals surface area contributed by atoms with Crippen LogP contribution in [0.3, 0.4) is 0 Å². The van der Waals surface area contributed by atoms with E-state index in [4.69, 9.17) is 13.9 Å². The summed E-state index contributed by atoms with van der Waals surface area (Å²) in [6.45, 7) is 5.89. The lowest BCUT2D eigenvalue weighted by Gasteiger charge is -2.19. The number of rotatable bonds is 8. The number of nitrogens with one attached hydrogen (secondary N) is 2. The van der Waals surface area contributed by atoms with Crippen LogP contribution in [0.25, 0.3) is 0 Å². The predicted molar refractivity (Wildman–Crippen MR) is 97.3 cm³/mol. The maximum absolute atomic E-state index is 12.3. The number of hydrogen-bond donors (Lipinski definition) is 2. The van der Waals surface area contributed by atoms with Crippen LogP contribution in [-0.2, 0) is 4.79 Å². The summed E-state index contributed by atoms with van der Waals surface area (Å²) in [5.41, 5.74) is 0.591. The van der Waals surface area contributed by atoms with Gasteiger partial charge in [0.2, 0.25) is 5.91 Å². The van der Waals surface area contributed by atoms with E-state index in [2.05, 4.69) is 10.6 Å². The largest absolute Gasteiger partial charge is 0.497 e. The molecule has 2 aromatic rings. The van der Waals surface area contributed by atoms with Crippen molar-refractivity contribution in [2.75, 3.05) is 19.5 Å². The van der Waals surface area contributed by atoms with Gasteiger partial charge in [-0.2, -0.15) is 0 Å². The summed E-state index contributed by atoms with van der Waals surface area (Å²) in [6.07, 6.45) is 0.324. The van der Waals surface area contributed by atoms with Crippen LogP contribution < -0.4 is 20.1 Å². The standard InChI is InChI=1S/C19H26N2O4/c1-12(20-14(3)17-8-6-13(2)25-17)10-19(22)21-16-11-15(23-4)7-9-18(16)24-5/h6-9,11-12,14,20H,10H2,1-5H3,(H,21,22). The number of methoxy groups -OCH3 is 2. The van der Waals surface area contributed by atoms with Gasteiger partial charge in [-0.05, 0) is 45.0 Å². The lowest BCUT2D eigenvalue weighted by molar-refractivity contribution is -0.116. The van der Waals surface area contributed by atoms with Gasteiger partial charge >= 0.3 is 0 Å². The third-order valence-electron chi connectivity index (χ3n) is 3.89. The van der Waals surface area contributed by atoms with Gasteiger partial charge in [0.25, 0.3) is 0 Å². The Balaban J connectivity index is 1.93. The van der Waals surface area contributed by atoms with Gasteiger partial charge in [-0.15, -0.1) is 0 Å². The second kappa shape index (κ2) is 8.58. The van der Waals surface area contributed by atoms with Crippen LogP contribution in [0, 0.1) is 6.92 Å². The molecule has 2 unspecified atom stereocenters. The Hall–Kier alpha value is -2.47. The van der Waals surface area contributed by atoms with Crippen LogP contribution in [-0.4, -0.2) is 26.2 Å². The summed E-state index contributed by atoms with van der Waals surface area (Å²) >= 11 is 0. The number of carbonyl (C=O) groups is 1. The van der Waals surface area contributed by atoms with Crippen LogP contribution in [0.2, 0.25) is 0 Å². The number of carbonyl (C=O) groups excluding carboxylic acids is 1. The van der Waals surface area contributed by atoms with Crippen molar-refractivity contribution in [3.63, 3.8) is 0 Å².